The summed E-state index contributed by atoms with van der Waals surface area (Å²) in [4.78, 5) is 19.9. The zero-order valence-corrected chi connectivity index (χ0v) is 12.6. The quantitative estimate of drug-likeness (QED) is 0.872. The predicted octanol–water partition coefficient (Wildman–Crippen LogP) is 2.13. The minimum atomic E-state index is -0.844. The third-order valence-corrected chi connectivity index (χ3v) is 4.74. The van der Waals surface area contributed by atoms with Gasteiger partial charge in [0.05, 0.1) is 11.3 Å². The third-order valence-electron chi connectivity index (χ3n) is 3.82. The highest BCUT2D eigenvalue weighted by Crippen LogP contribution is 2.36. The monoisotopic (exact) mass is 307 g/mol. The largest absolute Gasteiger partial charge is 0.481 e. The van der Waals surface area contributed by atoms with Crippen molar-refractivity contribution in [2.75, 3.05) is 19.0 Å². The van der Waals surface area contributed by atoms with Crippen molar-refractivity contribution in [3.8, 4) is 0 Å². The van der Waals surface area contributed by atoms with Gasteiger partial charge in [-0.25, -0.2) is 9.97 Å². The molecule has 2 aromatic heterocycles. The van der Waals surface area contributed by atoms with Crippen LogP contribution in [0.4, 0.5) is 0 Å². The summed E-state index contributed by atoms with van der Waals surface area (Å²) in [6.45, 7) is 3.56. The van der Waals surface area contributed by atoms with Gasteiger partial charge in [-0.15, -0.1) is 0 Å². The van der Waals surface area contributed by atoms with Crippen molar-refractivity contribution in [2.45, 2.75) is 30.5 Å². The maximum Gasteiger partial charge on any atom is 0.313 e. The van der Waals surface area contributed by atoms with Crippen LogP contribution < -0.4 is 0 Å². The molecule has 0 aromatic carbocycles. The summed E-state index contributed by atoms with van der Waals surface area (Å²) >= 11 is 1.24. The van der Waals surface area contributed by atoms with Gasteiger partial charge in [-0.1, -0.05) is 11.8 Å². The SMILES string of the molecule is CC1(n2c(SCC(=O)O)nc3cccnc32)CCOCC1. The van der Waals surface area contributed by atoms with Gasteiger partial charge in [0.1, 0.15) is 5.52 Å². The van der Waals surface area contributed by atoms with E-state index in [2.05, 4.69) is 21.5 Å². The Morgan fingerprint density at radius 2 is 2.29 bits per heavy atom. The number of hydrogen-bond acceptors (Lipinski definition) is 5. The number of carbonyl (C=O) groups is 1. The second-order valence-corrected chi connectivity index (χ2v) is 6.31. The van der Waals surface area contributed by atoms with Crippen LogP contribution in [-0.2, 0) is 15.1 Å². The van der Waals surface area contributed by atoms with Crippen LogP contribution >= 0.6 is 11.8 Å². The number of aliphatic carboxylic acids is 1. The van der Waals surface area contributed by atoms with Gasteiger partial charge < -0.3 is 9.84 Å². The molecule has 1 fully saturated rings. The van der Waals surface area contributed by atoms with E-state index in [9.17, 15) is 4.79 Å². The molecule has 21 heavy (non-hydrogen) atoms. The van der Waals surface area contributed by atoms with Gasteiger partial charge in [0.25, 0.3) is 0 Å². The second kappa shape index (κ2) is 5.65. The van der Waals surface area contributed by atoms with Gasteiger partial charge >= 0.3 is 5.97 Å². The number of rotatable bonds is 4. The first kappa shape index (κ1) is 14.3. The number of imidazole rings is 1. The Kier molecular flexibility index (Phi) is 3.86. The fourth-order valence-corrected chi connectivity index (χ4v) is 3.49. The number of carboxylic acids is 1. The minimum absolute atomic E-state index is 0.00407. The van der Waals surface area contributed by atoms with E-state index in [0.717, 1.165) is 29.2 Å². The van der Waals surface area contributed by atoms with Gasteiger partial charge in [0.15, 0.2) is 10.8 Å². The minimum Gasteiger partial charge on any atom is -0.481 e. The molecule has 6 nitrogen and oxygen atoms in total. The Morgan fingerprint density at radius 3 is 3.00 bits per heavy atom. The zero-order valence-electron chi connectivity index (χ0n) is 11.8. The van der Waals surface area contributed by atoms with E-state index in [1.54, 1.807) is 6.20 Å². The van der Waals surface area contributed by atoms with E-state index < -0.39 is 5.97 Å². The van der Waals surface area contributed by atoms with Gasteiger partial charge in [0.2, 0.25) is 0 Å². The van der Waals surface area contributed by atoms with E-state index in [0.29, 0.717) is 13.2 Å². The van der Waals surface area contributed by atoms with Crippen LogP contribution in [0.3, 0.4) is 0 Å². The molecule has 0 aliphatic carbocycles. The van der Waals surface area contributed by atoms with Crippen LogP contribution in [0.25, 0.3) is 11.2 Å². The summed E-state index contributed by atoms with van der Waals surface area (Å²) in [6, 6.07) is 3.75. The van der Waals surface area contributed by atoms with E-state index in [1.165, 1.54) is 11.8 Å². The molecule has 0 radical (unpaired) electrons. The fourth-order valence-electron chi connectivity index (χ4n) is 2.64. The zero-order chi connectivity index (χ0) is 14.9. The Morgan fingerprint density at radius 1 is 1.52 bits per heavy atom. The van der Waals surface area contributed by atoms with Gasteiger partial charge in [-0.2, -0.15) is 0 Å². The van der Waals surface area contributed by atoms with Crippen LogP contribution in [-0.4, -0.2) is 44.6 Å². The molecule has 3 heterocycles. The Balaban J connectivity index is 2.08. The normalized spacial score (nSPS) is 18.0. The average molecular weight is 307 g/mol. The lowest BCUT2D eigenvalue weighted by Crippen LogP contribution is -2.37. The van der Waals surface area contributed by atoms with Crippen molar-refractivity contribution in [3.63, 3.8) is 0 Å². The fraction of sp³-hybridized carbons (Fsp3) is 0.500. The summed E-state index contributed by atoms with van der Waals surface area (Å²) in [5.74, 6) is -0.848. The van der Waals surface area contributed by atoms with Crippen molar-refractivity contribution in [1.82, 2.24) is 14.5 Å². The highest BCUT2D eigenvalue weighted by Gasteiger charge is 2.33. The Labute approximate surface area is 126 Å². The molecule has 112 valence electrons. The second-order valence-electron chi connectivity index (χ2n) is 5.37. The molecule has 0 spiro atoms. The van der Waals surface area contributed by atoms with Gasteiger partial charge in [-0.05, 0) is 31.9 Å². The van der Waals surface area contributed by atoms with Crippen molar-refractivity contribution in [3.05, 3.63) is 18.3 Å². The summed E-state index contributed by atoms with van der Waals surface area (Å²) in [5, 5.41) is 9.64. The number of thioether (sulfide) groups is 1. The molecule has 1 aliphatic heterocycles. The average Bonchev–Trinajstić information content (AvgIpc) is 2.85. The number of ether oxygens (including phenoxy) is 1. The summed E-state index contributed by atoms with van der Waals surface area (Å²) in [6.07, 6.45) is 3.49. The number of carboxylic acid groups (broad SMARTS) is 1. The van der Waals surface area contributed by atoms with Gasteiger partial charge in [0, 0.05) is 19.4 Å². The molecular formula is C14H17N3O3S. The Hall–Kier alpha value is -1.60. The van der Waals surface area contributed by atoms with Gasteiger partial charge in [-0.3, -0.25) is 9.36 Å². The molecule has 0 atom stereocenters. The molecule has 2 aromatic rings. The van der Waals surface area contributed by atoms with E-state index in [1.807, 2.05) is 12.1 Å². The highest BCUT2D eigenvalue weighted by atomic mass is 32.2. The van der Waals surface area contributed by atoms with Crippen molar-refractivity contribution >= 4 is 28.9 Å². The van der Waals surface area contributed by atoms with Crippen LogP contribution in [0.2, 0.25) is 0 Å². The molecule has 1 N–H and O–H groups in total. The molecule has 0 saturated carbocycles. The van der Waals surface area contributed by atoms with Crippen molar-refractivity contribution < 1.29 is 14.6 Å². The number of pyridine rings is 1. The first-order chi connectivity index (χ1) is 10.1. The molecule has 0 unspecified atom stereocenters. The lowest BCUT2D eigenvalue weighted by Gasteiger charge is -2.36. The number of fused-ring (bicyclic) bond motifs is 1. The summed E-state index contributed by atoms with van der Waals surface area (Å²) in [7, 11) is 0. The lowest BCUT2D eigenvalue weighted by atomic mass is 9.92. The lowest BCUT2D eigenvalue weighted by molar-refractivity contribution is -0.133. The highest BCUT2D eigenvalue weighted by molar-refractivity contribution is 7.99. The number of nitrogens with zero attached hydrogens (tertiary/aromatic N) is 3. The maximum atomic E-state index is 10.9. The van der Waals surface area contributed by atoms with E-state index in [-0.39, 0.29) is 11.3 Å². The van der Waals surface area contributed by atoms with Crippen LogP contribution in [0.15, 0.2) is 23.5 Å². The summed E-state index contributed by atoms with van der Waals surface area (Å²) in [5.41, 5.74) is 1.48. The summed E-state index contributed by atoms with van der Waals surface area (Å²) < 4.78 is 7.55. The standard InChI is InChI=1S/C14H17N3O3S/c1-14(4-7-20-8-5-14)17-12-10(3-2-6-15-12)16-13(17)21-9-11(18)19/h2-3,6H,4-5,7-9H2,1H3,(H,18,19). The van der Waals surface area contributed by atoms with Crippen LogP contribution in [0.5, 0.6) is 0 Å². The maximum absolute atomic E-state index is 10.9. The predicted molar refractivity (Wildman–Crippen MR) is 79.6 cm³/mol. The molecule has 1 saturated heterocycles. The topological polar surface area (TPSA) is 77.2 Å². The third kappa shape index (κ3) is 2.75. The molecule has 1 aliphatic rings. The van der Waals surface area contributed by atoms with Crippen LogP contribution in [0, 0.1) is 0 Å². The molecule has 0 bridgehead atoms. The van der Waals surface area contributed by atoms with E-state index in [4.69, 9.17) is 9.84 Å². The molecule has 7 heteroatoms. The first-order valence-corrected chi connectivity index (χ1v) is 7.85. The Bertz CT molecular complexity index is 665. The number of aromatic nitrogens is 3. The van der Waals surface area contributed by atoms with Crippen molar-refractivity contribution in [1.29, 1.82) is 0 Å². The smallest absolute Gasteiger partial charge is 0.313 e. The van der Waals surface area contributed by atoms with Crippen LogP contribution in [0.1, 0.15) is 19.8 Å². The first-order valence-electron chi connectivity index (χ1n) is 6.86. The molecular weight excluding hydrogens is 290 g/mol. The van der Waals surface area contributed by atoms with E-state index >= 15 is 0 Å². The molecule has 0 amide bonds. The molecule has 3 rings (SSSR count). The number of hydrogen-bond donors (Lipinski definition) is 1. The van der Waals surface area contributed by atoms with Crippen molar-refractivity contribution in [2.24, 2.45) is 0 Å².